The molecule has 4 aliphatic heterocycles. The van der Waals surface area contributed by atoms with Gasteiger partial charge in [0.2, 0.25) is 0 Å². The zero-order valence-corrected chi connectivity index (χ0v) is 14.7. The van der Waals surface area contributed by atoms with Crippen molar-refractivity contribution < 1.29 is 42.6 Å². The molecule has 0 N–H and O–H groups in total. The second-order valence-electron chi connectivity index (χ2n) is 5.67. The average molecular weight is 366 g/mol. The van der Waals surface area contributed by atoms with Gasteiger partial charge in [-0.2, -0.15) is 0 Å². The Hall–Kier alpha value is -0.360. The average Bonchev–Trinajstić information content (AvgIpc) is 3.60. The van der Waals surface area contributed by atoms with E-state index in [1.54, 1.807) is 0 Å². The third-order valence-corrected chi connectivity index (χ3v) is 3.28. The van der Waals surface area contributed by atoms with Gasteiger partial charge < -0.3 is 42.6 Å². The maximum atomic E-state index is 5.39. The number of epoxide rings is 2. The normalized spacial score (nSPS) is 26.9. The topological polar surface area (TPSA) is 89.7 Å². The molecule has 4 heterocycles. The third kappa shape index (κ3) is 14.5. The Bertz CT molecular complexity index is 252. The second kappa shape index (κ2) is 14.8. The summed E-state index contributed by atoms with van der Waals surface area (Å²) in [6.45, 7) is 8.11. The Morgan fingerprint density at radius 1 is 0.600 bits per heavy atom. The maximum absolute atomic E-state index is 5.39. The van der Waals surface area contributed by atoms with E-state index in [0.717, 1.165) is 65.7 Å². The fraction of sp³-hybridized carbons (Fsp3) is 1.00. The van der Waals surface area contributed by atoms with E-state index in [9.17, 15) is 0 Å². The molecule has 0 radical (unpaired) electrons. The summed E-state index contributed by atoms with van der Waals surface area (Å²) in [6.07, 6.45) is 2.91. The van der Waals surface area contributed by atoms with Gasteiger partial charge in [0.1, 0.15) is 19.0 Å². The molecule has 0 spiro atoms. The molecule has 148 valence electrons. The van der Waals surface area contributed by atoms with Crippen LogP contribution >= 0.6 is 0 Å². The Kier molecular flexibility index (Phi) is 12.4. The molecule has 0 aliphatic carbocycles. The van der Waals surface area contributed by atoms with Crippen LogP contribution in [0.2, 0.25) is 0 Å². The van der Waals surface area contributed by atoms with Gasteiger partial charge in [0.15, 0.2) is 20.4 Å². The number of hydrogen-bond acceptors (Lipinski definition) is 9. The van der Waals surface area contributed by atoms with Gasteiger partial charge in [-0.25, -0.2) is 0 Å². The van der Waals surface area contributed by atoms with Crippen molar-refractivity contribution in [2.24, 2.45) is 0 Å². The van der Waals surface area contributed by atoms with Crippen molar-refractivity contribution >= 4 is 0 Å². The van der Waals surface area contributed by atoms with Gasteiger partial charge in [-0.05, 0) is 12.8 Å². The summed E-state index contributed by atoms with van der Waals surface area (Å²) in [5, 5.41) is 0. The number of hydrogen-bond donors (Lipinski definition) is 0. The first kappa shape index (κ1) is 20.9. The van der Waals surface area contributed by atoms with Crippen molar-refractivity contribution in [3.63, 3.8) is 0 Å². The van der Waals surface area contributed by atoms with Crippen LogP contribution < -0.4 is 0 Å². The first-order valence-corrected chi connectivity index (χ1v) is 8.72. The zero-order valence-electron chi connectivity index (χ0n) is 14.7. The van der Waals surface area contributed by atoms with E-state index in [0.29, 0.717) is 39.4 Å². The lowest BCUT2D eigenvalue weighted by molar-refractivity contribution is -0.247. The molecule has 4 fully saturated rings. The van der Waals surface area contributed by atoms with Gasteiger partial charge in [-0.15, -0.1) is 0 Å². The number of unbranched alkanes of at least 4 members (excludes halogenated alkanes) is 1. The molecule has 0 bridgehead atoms. The van der Waals surface area contributed by atoms with Crippen LogP contribution in [0.5, 0.6) is 0 Å². The zero-order chi connectivity index (χ0) is 17.4. The van der Waals surface area contributed by atoms with Crippen molar-refractivity contribution in [1.82, 2.24) is 0 Å². The highest BCUT2D eigenvalue weighted by Crippen LogP contribution is 2.09. The molecule has 0 aromatic rings. The van der Waals surface area contributed by atoms with Gasteiger partial charge in [0.05, 0.1) is 39.6 Å². The Morgan fingerprint density at radius 2 is 1.00 bits per heavy atom. The van der Waals surface area contributed by atoms with E-state index in [-0.39, 0.29) is 0 Å². The van der Waals surface area contributed by atoms with E-state index in [2.05, 4.69) is 14.2 Å². The van der Waals surface area contributed by atoms with Gasteiger partial charge >= 0.3 is 0 Å². The molecule has 0 saturated carbocycles. The lowest BCUT2D eigenvalue weighted by Crippen LogP contribution is -2.14. The standard InChI is InChI=1S/C10H18O4.C3H6O3.C3H6O2/c1(3-11-5-9-7-13-9)2-4-12-6-10-8-14-10;1-4-2-6-3-5-1;1-2-5-3-4-1/h9-10H,1-8H2;1-3H2;1-3H2. The van der Waals surface area contributed by atoms with Crippen molar-refractivity contribution in [2.45, 2.75) is 25.0 Å². The highest BCUT2D eigenvalue weighted by Gasteiger charge is 2.22. The minimum absolute atomic E-state index is 0.375. The highest BCUT2D eigenvalue weighted by atomic mass is 16.8. The summed E-state index contributed by atoms with van der Waals surface area (Å²) in [5.74, 6) is 0. The number of ether oxygens (including phenoxy) is 9. The summed E-state index contributed by atoms with van der Waals surface area (Å²) in [5.41, 5.74) is 0. The molecule has 9 nitrogen and oxygen atoms in total. The van der Waals surface area contributed by atoms with Crippen molar-refractivity contribution in [3.8, 4) is 0 Å². The minimum Gasteiger partial charge on any atom is -0.379 e. The van der Waals surface area contributed by atoms with Gasteiger partial charge in [-0.1, -0.05) is 0 Å². The minimum atomic E-state index is 0.375. The van der Waals surface area contributed by atoms with Gasteiger partial charge in [-0.3, -0.25) is 0 Å². The molecule has 0 aromatic heterocycles. The quantitative estimate of drug-likeness (QED) is 0.428. The maximum Gasteiger partial charge on any atom is 0.152 e. The fourth-order valence-electron chi connectivity index (χ4n) is 1.74. The highest BCUT2D eigenvalue weighted by molar-refractivity contribution is 4.67. The Labute approximate surface area is 148 Å². The smallest absolute Gasteiger partial charge is 0.152 e. The Balaban J connectivity index is 0.000000167. The third-order valence-electron chi connectivity index (χ3n) is 3.28. The molecule has 2 unspecified atom stereocenters. The van der Waals surface area contributed by atoms with Crippen molar-refractivity contribution in [3.05, 3.63) is 0 Å². The molecule has 4 aliphatic rings. The van der Waals surface area contributed by atoms with E-state index in [1.165, 1.54) is 0 Å². The first-order chi connectivity index (χ1) is 12.4. The molecule has 0 amide bonds. The Morgan fingerprint density at radius 3 is 1.28 bits per heavy atom. The van der Waals surface area contributed by atoms with Crippen LogP contribution in [-0.2, 0) is 42.6 Å². The van der Waals surface area contributed by atoms with Crippen molar-refractivity contribution in [2.75, 3.05) is 80.0 Å². The molecule has 9 heteroatoms. The summed E-state index contributed by atoms with van der Waals surface area (Å²) >= 11 is 0. The molecule has 4 rings (SSSR count). The lowest BCUT2D eigenvalue weighted by atomic mass is 10.3. The monoisotopic (exact) mass is 366 g/mol. The molecule has 25 heavy (non-hydrogen) atoms. The van der Waals surface area contributed by atoms with Gasteiger partial charge in [0.25, 0.3) is 0 Å². The lowest BCUT2D eigenvalue weighted by Gasteiger charge is -2.10. The predicted octanol–water partition coefficient (Wildman–Crippen LogP) is 0.510. The molecular weight excluding hydrogens is 336 g/mol. The van der Waals surface area contributed by atoms with Crippen LogP contribution in [0.3, 0.4) is 0 Å². The SMILES string of the molecule is C(CCOCC1CO1)COCC1CO1.C1COCO1.C1OCOCO1. The van der Waals surface area contributed by atoms with Crippen LogP contribution in [0.15, 0.2) is 0 Å². The van der Waals surface area contributed by atoms with Crippen LogP contribution in [0.25, 0.3) is 0 Å². The summed E-state index contributed by atoms with van der Waals surface area (Å²) in [4.78, 5) is 0. The van der Waals surface area contributed by atoms with Crippen molar-refractivity contribution in [1.29, 1.82) is 0 Å². The first-order valence-electron chi connectivity index (χ1n) is 8.72. The summed E-state index contributed by atoms with van der Waals surface area (Å²) in [6, 6.07) is 0. The van der Waals surface area contributed by atoms with E-state index < -0.39 is 0 Å². The van der Waals surface area contributed by atoms with E-state index >= 15 is 0 Å². The van der Waals surface area contributed by atoms with Crippen LogP contribution in [-0.4, -0.2) is 92.2 Å². The molecule has 0 aromatic carbocycles. The van der Waals surface area contributed by atoms with E-state index in [1.807, 2.05) is 0 Å². The predicted molar refractivity (Wildman–Crippen MR) is 85.0 cm³/mol. The van der Waals surface area contributed by atoms with Gasteiger partial charge in [0, 0.05) is 13.2 Å². The van der Waals surface area contributed by atoms with E-state index in [4.69, 9.17) is 28.4 Å². The largest absolute Gasteiger partial charge is 0.379 e. The molecular formula is C16H30O9. The second-order valence-corrected chi connectivity index (χ2v) is 5.67. The summed E-state index contributed by atoms with van der Waals surface area (Å²) in [7, 11) is 0. The fourth-order valence-corrected chi connectivity index (χ4v) is 1.74. The van der Waals surface area contributed by atoms with Crippen LogP contribution in [0.1, 0.15) is 12.8 Å². The van der Waals surface area contributed by atoms with Crippen LogP contribution in [0, 0.1) is 0 Å². The number of rotatable bonds is 9. The summed E-state index contributed by atoms with van der Waals surface area (Å²) < 4.78 is 44.2. The molecule has 4 saturated heterocycles. The van der Waals surface area contributed by atoms with Crippen LogP contribution in [0.4, 0.5) is 0 Å². The molecule has 2 atom stereocenters.